The highest BCUT2D eigenvalue weighted by molar-refractivity contribution is 5.95. The number of rotatable bonds is 3. The van der Waals surface area contributed by atoms with Gasteiger partial charge in [-0.3, -0.25) is 4.79 Å². The molecule has 6 heteroatoms. The number of carbonyl (C=O) groups is 1. The fourth-order valence-corrected chi connectivity index (χ4v) is 1.49. The van der Waals surface area contributed by atoms with Gasteiger partial charge in [-0.15, -0.1) is 0 Å². The molecule has 0 aliphatic carbocycles. The van der Waals surface area contributed by atoms with E-state index in [1.807, 2.05) is 0 Å². The Kier molecular flexibility index (Phi) is 4.21. The minimum absolute atomic E-state index is 0.257. The molecule has 0 spiro atoms. The summed E-state index contributed by atoms with van der Waals surface area (Å²) < 4.78 is 36.3. The van der Waals surface area contributed by atoms with Crippen molar-refractivity contribution in [2.75, 3.05) is 5.73 Å². The number of carbonyl (C=O) groups excluding carboxylic acids is 1. The maximum Gasteiger partial charge on any atom is 0.391 e. The van der Waals surface area contributed by atoms with Crippen LogP contribution in [0.3, 0.4) is 0 Å². The van der Waals surface area contributed by atoms with E-state index in [0.717, 1.165) is 5.56 Å². The molecule has 0 radical (unpaired) electrons. The molecule has 1 amide bonds. The molecule has 0 fully saturated rings. The van der Waals surface area contributed by atoms with Gasteiger partial charge in [-0.25, -0.2) is 0 Å². The van der Waals surface area contributed by atoms with E-state index in [4.69, 9.17) is 5.73 Å². The van der Waals surface area contributed by atoms with Crippen molar-refractivity contribution in [3.05, 3.63) is 29.3 Å². The number of hydrogen-bond acceptors (Lipinski definition) is 2. The van der Waals surface area contributed by atoms with E-state index in [1.54, 1.807) is 13.0 Å². The van der Waals surface area contributed by atoms with Crippen molar-refractivity contribution < 1.29 is 18.0 Å². The Morgan fingerprint density at radius 3 is 2.56 bits per heavy atom. The number of amides is 1. The Hall–Kier alpha value is -1.72. The average Bonchev–Trinajstić information content (AvgIpc) is 2.18. The Balaban J connectivity index is 2.68. The van der Waals surface area contributed by atoms with Gasteiger partial charge in [-0.1, -0.05) is 6.07 Å². The summed E-state index contributed by atoms with van der Waals surface area (Å²) in [5, 5.41) is 2.28. The Morgan fingerprint density at radius 2 is 2.06 bits per heavy atom. The number of nitrogen functional groups attached to an aromatic ring is 1. The van der Waals surface area contributed by atoms with E-state index >= 15 is 0 Å². The van der Waals surface area contributed by atoms with E-state index in [9.17, 15) is 18.0 Å². The topological polar surface area (TPSA) is 55.1 Å². The maximum absolute atomic E-state index is 12.1. The number of hydrogen-bond donors (Lipinski definition) is 2. The smallest absolute Gasteiger partial charge is 0.391 e. The van der Waals surface area contributed by atoms with E-state index in [0.29, 0.717) is 5.69 Å². The molecule has 0 heterocycles. The van der Waals surface area contributed by atoms with Gasteiger partial charge in [0.1, 0.15) is 0 Å². The second-order valence-electron chi connectivity index (χ2n) is 4.27. The molecule has 0 bridgehead atoms. The lowest BCUT2D eigenvalue weighted by atomic mass is 10.1. The Morgan fingerprint density at radius 1 is 1.44 bits per heavy atom. The summed E-state index contributed by atoms with van der Waals surface area (Å²) in [4.78, 5) is 11.7. The van der Waals surface area contributed by atoms with Crippen LogP contribution in [0.4, 0.5) is 18.9 Å². The molecular weight excluding hydrogens is 245 g/mol. The molecule has 3 N–H and O–H groups in total. The van der Waals surface area contributed by atoms with Crippen LogP contribution in [-0.2, 0) is 0 Å². The third-order valence-electron chi connectivity index (χ3n) is 2.46. The van der Waals surface area contributed by atoms with E-state index in [2.05, 4.69) is 5.32 Å². The molecule has 3 nitrogen and oxygen atoms in total. The first-order chi connectivity index (χ1) is 8.19. The molecule has 1 aromatic carbocycles. The first-order valence-corrected chi connectivity index (χ1v) is 5.43. The average molecular weight is 260 g/mol. The molecule has 1 unspecified atom stereocenters. The van der Waals surface area contributed by atoms with Gasteiger partial charge in [0.2, 0.25) is 0 Å². The minimum Gasteiger partial charge on any atom is -0.398 e. The predicted octanol–water partition coefficient (Wildman–Crippen LogP) is 2.65. The predicted molar refractivity (Wildman–Crippen MR) is 63.2 cm³/mol. The van der Waals surface area contributed by atoms with Crippen molar-refractivity contribution in [3.8, 4) is 0 Å². The largest absolute Gasteiger partial charge is 0.398 e. The van der Waals surface area contributed by atoms with Gasteiger partial charge >= 0.3 is 6.18 Å². The quantitative estimate of drug-likeness (QED) is 0.821. The van der Waals surface area contributed by atoms with Crippen LogP contribution in [0.2, 0.25) is 0 Å². The molecule has 0 saturated carbocycles. The van der Waals surface area contributed by atoms with Crippen LogP contribution in [-0.4, -0.2) is 18.1 Å². The molecule has 1 atom stereocenters. The SMILES string of the molecule is Cc1ccc(C(=O)NC(C)CC(F)(F)F)cc1N. The van der Waals surface area contributed by atoms with E-state index in [-0.39, 0.29) is 5.56 Å². The number of alkyl halides is 3. The van der Waals surface area contributed by atoms with Gasteiger partial charge in [0, 0.05) is 17.3 Å². The zero-order chi connectivity index (χ0) is 13.9. The molecule has 0 saturated heterocycles. The van der Waals surface area contributed by atoms with Crippen molar-refractivity contribution >= 4 is 11.6 Å². The molecule has 1 rings (SSSR count). The van der Waals surface area contributed by atoms with Crippen LogP contribution >= 0.6 is 0 Å². The van der Waals surface area contributed by atoms with Crippen molar-refractivity contribution in [2.45, 2.75) is 32.5 Å². The van der Waals surface area contributed by atoms with Crippen LogP contribution in [0.5, 0.6) is 0 Å². The molecule has 100 valence electrons. The minimum atomic E-state index is -4.29. The highest BCUT2D eigenvalue weighted by Gasteiger charge is 2.30. The lowest BCUT2D eigenvalue weighted by Gasteiger charge is -2.16. The van der Waals surface area contributed by atoms with Gasteiger partial charge in [-0.05, 0) is 31.5 Å². The normalized spacial score (nSPS) is 13.2. The van der Waals surface area contributed by atoms with Crippen molar-refractivity contribution in [1.29, 1.82) is 0 Å². The van der Waals surface area contributed by atoms with Crippen molar-refractivity contribution in [3.63, 3.8) is 0 Å². The summed E-state index contributed by atoms with van der Waals surface area (Å²) in [6.45, 7) is 3.09. The summed E-state index contributed by atoms with van der Waals surface area (Å²) in [6.07, 6.45) is -5.35. The van der Waals surface area contributed by atoms with E-state index in [1.165, 1.54) is 19.1 Å². The summed E-state index contributed by atoms with van der Waals surface area (Å²) in [6, 6.07) is 3.66. The lowest BCUT2D eigenvalue weighted by molar-refractivity contribution is -0.138. The van der Waals surface area contributed by atoms with Gasteiger partial charge in [0.05, 0.1) is 6.42 Å². The molecule has 0 aliphatic heterocycles. The standard InChI is InChI=1S/C12H15F3N2O/c1-7-3-4-9(5-10(7)16)11(18)17-8(2)6-12(13,14)15/h3-5,8H,6,16H2,1-2H3,(H,17,18). The number of benzene rings is 1. The number of nitrogens with two attached hydrogens (primary N) is 1. The number of halogens is 3. The molecule has 18 heavy (non-hydrogen) atoms. The van der Waals surface area contributed by atoms with Crippen LogP contribution in [0.15, 0.2) is 18.2 Å². The highest BCUT2D eigenvalue weighted by atomic mass is 19.4. The van der Waals surface area contributed by atoms with Gasteiger partial charge in [-0.2, -0.15) is 13.2 Å². The van der Waals surface area contributed by atoms with Crippen LogP contribution in [0.1, 0.15) is 29.3 Å². The Bertz CT molecular complexity index is 443. The number of nitrogens with one attached hydrogen (secondary N) is 1. The fourth-order valence-electron chi connectivity index (χ4n) is 1.49. The van der Waals surface area contributed by atoms with Crippen LogP contribution in [0, 0.1) is 6.92 Å². The van der Waals surface area contributed by atoms with Gasteiger partial charge in [0.15, 0.2) is 0 Å². The number of anilines is 1. The van der Waals surface area contributed by atoms with E-state index < -0.39 is 24.5 Å². The summed E-state index contributed by atoms with van der Waals surface area (Å²) in [5.74, 6) is -0.557. The third kappa shape index (κ3) is 4.27. The summed E-state index contributed by atoms with van der Waals surface area (Å²) >= 11 is 0. The first-order valence-electron chi connectivity index (χ1n) is 5.43. The summed E-state index contributed by atoms with van der Waals surface area (Å²) in [7, 11) is 0. The third-order valence-corrected chi connectivity index (χ3v) is 2.46. The second-order valence-corrected chi connectivity index (χ2v) is 4.27. The highest BCUT2D eigenvalue weighted by Crippen LogP contribution is 2.21. The van der Waals surface area contributed by atoms with Gasteiger partial charge < -0.3 is 11.1 Å². The second kappa shape index (κ2) is 5.29. The zero-order valence-electron chi connectivity index (χ0n) is 10.1. The molecular formula is C12H15F3N2O. The van der Waals surface area contributed by atoms with Gasteiger partial charge in [0.25, 0.3) is 5.91 Å². The molecule has 0 aromatic heterocycles. The Labute approximate surface area is 103 Å². The fraction of sp³-hybridized carbons (Fsp3) is 0.417. The van der Waals surface area contributed by atoms with Crippen LogP contribution < -0.4 is 11.1 Å². The van der Waals surface area contributed by atoms with Crippen molar-refractivity contribution in [1.82, 2.24) is 5.32 Å². The molecule has 1 aromatic rings. The maximum atomic E-state index is 12.1. The van der Waals surface area contributed by atoms with Crippen LogP contribution in [0.25, 0.3) is 0 Å². The first kappa shape index (κ1) is 14.3. The number of aryl methyl sites for hydroxylation is 1. The molecule has 0 aliphatic rings. The summed E-state index contributed by atoms with van der Waals surface area (Å²) in [5.41, 5.74) is 7.14. The lowest BCUT2D eigenvalue weighted by Crippen LogP contribution is -2.35. The van der Waals surface area contributed by atoms with Crippen molar-refractivity contribution in [2.24, 2.45) is 0 Å². The zero-order valence-corrected chi connectivity index (χ0v) is 10.1. The monoisotopic (exact) mass is 260 g/mol.